The van der Waals surface area contributed by atoms with E-state index in [9.17, 15) is 0 Å². The molecule has 0 spiro atoms. The van der Waals surface area contributed by atoms with Crippen LogP contribution in [0.3, 0.4) is 0 Å². The average Bonchev–Trinajstić information content (AvgIpc) is 2.76. The molecule has 0 saturated carbocycles. The standard InChI is InChI=1S/C12H15N3S2/c1-3-13-11-14-15-12(17-11)16-8-10-7-5-4-6-9(10)2/h4-7H,3,8H2,1-2H3,(H,13,14). The minimum absolute atomic E-state index is 0.886. The number of nitrogens with zero attached hydrogens (tertiary/aromatic N) is 2. The van der Waals surface area contributed by atoms with Gasteiger partial charge in [-0.05, 0) is 25.0 Å². The topological polar surface area (TPSA) is 37.8 Å². The van der Waals surface area contributed by atoms with Crippen molar-refractivity contribution in [3.8, 4) is 0 Å². The van der Waals surface area contributed by atoms with Gasteiger partial charge in [-0.1, -0.05) is 47.4 Å². The van der Waals surface area contributed by atoms with E-state index in [0.717, 1.165) is 21.8 Å². The summed E-state index contributed by atoms with van der Waals surface area (Å²) in [6.07, 6.45) is 0. The summed E-state index contributed by atoms with van der Waals surface area (Å²) < 4.78 is 1.02. The Balaban J connectivity index is 1.95. The van der Waals surface area contributed by atoms with Crippen LogP contribution in [0.1, 0.15) is 18.1 Å². The van der Waals surface area contributed by atoms with Crippen LogP contribution in [0, 0.1) is 6.92 Å². The Morgan fingerprint density at radius 3 is 2.88 bits per heavy atom. The molecule has 1 N–H and O–H groups in total. The van der Waals surface area contributed by atoms with Gasteiger partial charge in [0.15, 0.2) is 4.34 Å². The summed E-state index contributed by atoms with van der Waals surface area (Å²) in [6, 6.07) is 8.44. The van der Waals surface area contributed by atoms with Crippen LogP contribution in [0.4, 0.5) is 5.13 Å². The molecule has 3 nitrogen and oxygen atoms in total. The molecule has 0 saturated heterocycles. The summed E-state index contributed by atoms with van der Waals surface area (Å²) in [4.78, 5) is 0. The number of hydrogen-bond acceptors (Lipinski definition) is 5. The van der Waals surface area contributed by atoms with E-state index in [4.69, 9.17) is 0 Å². The number of nitrogens with one attached hydrogen (secondary N) is 1. The quantitative estimate of drug-likeness (QED) is 0.839. The van der Waals surface area contributed by atoms with Crippen molar-refractivity contribution in [2.45, 2.75) is 23.9 Å². The molecule has 2 aromatic rings. The van der Waals surface area contributed by atoms with Gasteiger partial charge in [-0.2, -0.15) is 0 Å². The summed E-state index contributed by atoms with van der Waals surface area (Å²) in [5.74, 6) is 0.952. The lowest BCUT2D eigenvalue weighted by atomic mass is 10.1. The highest BCUT2D eigenvalue weighted by Gasteiger charge is 2.05. The molecular weight excluding hydrogens is 250 g/mol. The van der Waals surface area contributed by atoms with Crippen molar-refractivity contribution in [3.63, 3.8) is 0 Å². The fraction of sp³-hybridized carbons (Fsp3) is 0.333. The molecule has 0 bridgehead atoms. The Kier molecular flexibility index (Phi) is 4.39. The van der Waals surface area contributed by atoms with Crippen molar-refractivity contribution in [2.75, 3.05) is 11.9 Å². The third kappa shape index (κ3) is 3.44. The Morgan fingerprint density at radius 1 is 1.29 bits per heavy atom. The van der Waals surface area contributed by atoms with Crippen LogP contribution in [0.25, 0.3) is 0 Å². The second kappa shape index (κ2) is 6.02. The lowest BCUT2D eigenvalue weighted by Crippen LogP contribution is -1.94. The zero-order valence-electron chi connectivity index (χ0n) is 9.93. The molecule has 90 valence electrons. The summed E-state index contributed by atoms with van der Waals surface area (Å²) in [5.41, 5.74) is 2.69. The van der Waals surface area contributed by atoms with Crippen molar-refractivity contribution in [1.82, 2.24) is 10.2 Å². The van der Waals surface area contributed by atoms with Crippen LogP contribution in [-0.2, 0) is 5.75 Å². The third-order valence-corrected chi connectivity index (χ3v) is 4.41. The number of aromatic nitrogens is 2. The summed E-state index contributed by atoms with van der Waals surface area (Å²) in [6.45, 7) is 5.08. The first kappa shape index (κ1) is 12.4. The zero-order valence-corrected chi connectivity index (χ0v) is 11.6. The normalized spacial score (nSPS) is 10.5. The zero-order chi connectivity index (χ0) is 12.1. The number of rotatable bonds is 5. The molecule has 2 rings (SSSR count). The summed E-state index contributed by atoms with van der Waals surface area (Å²) in [5, 5.41) is 12.3. The molecular formula is C12H15N3S2. The smallest absolute Gasteiger partial charge is 0.206 e. The Bertz CT molecular complexity index is 482. The minimum atomic E-state index is 0.886. The van der Waals surface area contributed by atoms with Gasteiger partial charge in [-0.3, -0.25) is 0 Å². The fourth-order valence-corrected chi connectivity index (χ4v) is 3.30. The third-order valence-electron chi connectivity index (χ3n) is 2.35. The fourth-order valence-electron chi connectivity index (χ4n) is 1.40. The lowest BCUT2D eigenvalue weighted by molar-refractivity contribution is 1.00. The first-order valence-electron chi connectivity index (χ1n) is 5.54. The van der Waals surface area contributed by atoms with Gasteiger partial charge in [-0.25, -0.2) is 0 Å². The molecule has 0 unspecified atom stereocenters. The molecule has 0 fully saturated rings. The van der Waals surface area contributed by atoms with Crippen LogP contribution < -0.4 is 5.32 Å². The SMILES string of the molecule is CCNc1nnc(SCc2ccccc2C)s1. The van der Waals surface area contributed by atoms with Gasteiger partial charge >= 0.3 is 0 Å². The number of thioether (sulfide) groups is 1. The first-order chi connectivity index (χ1) is 8.29. The van der Waals surface area contributed by atoms with E-state index in [1.54, 1.807) is 23.1 Å². The van der Waals surface area contributed by atoms with E-state index >= 15 is 0 Å². The molecule has 0 amide bonds. The maximum Gasteiger partial charge on any atom is 0.206 e. The monoisotopic (exact) mass is 265 g/mol. The second-order valence-electron chi connectivity index (χ2n) is 3.62. The molecule has 0 aliphatic rings. The second-order valence-corrected chi connectivity index (χ2v) is 5.82. The number of aryl methyl sites for hydroxylation is 1. The van der Waals surface area contributed by atoms with Crippen molar-refractivity contribution in [2.24, 2.45) is 0 Å². The van der Waals surface area contributed by atoms with Gasteiger partial charge in [0.1, 0.15) is 0 Å². The highest BCUT2D eigenvalue weighted by atomic mass is 32.2. The maximum atomic E-state index is 4.15. The molecule has 5 heteroatoms. The van der Waals surface area contributed by atoms with E-state index in [1.165, 1.54) is 11.1 Å². The number of anilines is 1. The summed E-state index contributed by atoms with van der Waals surface area (Å²) >= 11 is 3.35. The van der Waals surface area contributed by atoms with Gasteiger partial charge < -0.3 is 5.32 Å². The molecule has 0 radical (unpaired) electrons. The van der Waals surface area contributed by atoms with E-state index in [0.29, 0.717) is 0 Å². The average molecular weight is 265 g/mol. The van der Waals surface area contributed by atoms with Crippen LogP contribution >= 0.6 is 23.1 Å². The summed E-state index contributed by atoms with van der Waals surface area (Å²) in [7, 11) is 0. The molecule has 1 aromatic heterocycles. The largest absolute Gasteiger partial charge is 0.360 e. The Hall–Kier alpha value is -1.07. The molecule has 0 aliphatic heterocycles. The Labute approximate surface area is 110 Å². The van der Waals surface area contributed by atoms with Crippen LogP contribution in [0.5, 0.6) is 0 Å². The Morgan fingerprint density at radius 2 is 2.12 bits per heavy atom. The van der Waals surface area contributed by atoms with Crippen molar-refractivity contribution in [3.05, 3.63) is 35.4 Å². The van der Waals surface area contributed by atoms with Crippen molar-refractivity contribution < 1.29 is 0 Å². The van der Waals surface area contributed by atoms with E-state index < -0.39 is 0 Å². The van der Waals surface area contributed by atoms with Crippen LogP contribution in [0.2, 0.25) is 0 Å². The predicted molar refractivity (Wildman–Crippen MR) is 74.8 cm³/mol. The molecule has 1 aromatic carbocycles. The van der Waals surface area contributed by atoms with Crippen molar-refractivity contribution >= 4 is 28.2 Å². The highest BCUT2D eigenvalue weighted by molar-refractivity contribution is 8.00. The van der Waals surface area contributed by atoms with Crippen molar-refractivity contribution in [1.29, 1.82) is 0 Å². The highest BCUT2D eigenvalue weighted by Crippen LogP contribution is 2.28. The number of benzene rings is 1. The lowest BCUT2D eigenvalue weighted by Gasteiger charge is -2.02. The van der Waals surface area contributed by atoms with E-state index in [-0.39, 0.29) is 0 Å². The van der Waals surface area contributed by atoms with Crippen LogP contribution in [0.15, 0.2) is 28.6 Å². The van der Waals surface area contributed by atoms with E-state index in [2.05, 4.69) is 53.6 Å². The molecule has 0 aliphatic carbocycles. The van der Waals surface area contributed by atoms with E-state index in [1.807, 2.05) is 0 Å². The molecule has 1 heterocycles. The maximum absolute atomic E-state index is 4.15. The first-order valence-corrected chi connectivity index (χ1v) is 7.34. The molecule has 17 heavy (non-hydrogen) atoms. The van der Waals surface area contributed by atoms with Gasteiger partial charge in [0, 0.05) is 12.3 Å². The van der Waals surface area contributed by atoms with Gasteiger partial charge in [0.2, 0.25) is 5.13 Å². The number of hydrogen-bond donors (Lipinski definition) is 1. The van der Waals surface area contributed by atoms with Gasteiger partial charge in [-0.15, -0.1) is 10.2 Å². The van der Waals surface area contributed by atoms with Crippen LogP contribution in [-0.4, -0.2) is 16.7 Å². The molecule has 0 atom stereocenters. The van der Waals surface area contributed by atoms with Gasteiger partial charge in [0.05, 0.1) is 0 Å². The van der Waals surface area contributed by atoms with Gasteiger partial charge in [0.25, 0.3) is 0 Å². The minimum Gasteiger partial charge on any atom is -0.360 e. The predicted octanol–water partition coefficient (Wildman–Crippen LogP) is 3.57.